The highest BCUT2D eigenvalue weighted by Gasteiger charge is 2.26. The molecule has 7 heteroatoms. The summed E-state index contributed by atoms with van der Waals surface area (Å²) in [6.45, 7) is 0.633. The summed E-state index contributed by atoms with van der Waals surface area (Å²) in [5, 5.41) is 5.72. The minimum atomic E-state index is -4.12. The summed E-state index contributed by atoms with van der Waals surface area (Å²) in [6, 6.07) is 0. The highest BCUT2D eigenvalue weighted by Crippen LogP contribution is 2.28. The Hall–Kier alpha value is -0.210. The number of nitrogens with zero attached hydrogens (tertiary/aromatic N) is 1. The highest BCUT2D eigenvalue weighted by atomic mass is 127. The molecule has 1 aliphatic carbocycles. The molecule has 0 aromatic heterocycles. The molecular weight excluding hydrogens is 382 g/mol. The lowest BCUT2D eigenvalue weighted by Gasteiger charge is -2.14. The summed E-state index contributed by atoms with van der Waals surface area (Å²) >= 11 is 0. The van der Waals surface area contributed by atoms with Crippen molar-refractivity contribution in [1.29, 1.82) is 0 Å². The van der Waals surface area contributed by atoms with Crippen molar-refractivity contribution in [2.45, 2.75) is 51.1 Å². The van der Waals surface area contributed by atoms with Gasteiger partial charge in [-0.25, -0.2) is 0 Å². The molecule has 1 fully saturated rings. The average Bonchev–Trinajstić information content (AvgIpc) is 2.83. The van der Waals surface area contributed by atoms with E-state index in [-0.39, 0.29) is 30.5 Å². The molecule has 2 N–H and O–H groups in total. The maximum absolute atomic E-state index is 12.0. The zero-order chi connectivity index (χ0) is 14.1. The monoisotopic (exact) mass is 407 g/mol. The van der Waals surface area contributed by atoms with Crippen molar-refractivity contribution in [2.24, 2.45) is 10.9 Å². The molecule has 0 saturated heterocycles. The fraction of sp³-hybridized carbons (Fsp3) is 0.923. The van der Waals surface area contributed by atoms with Crippen molar-refractivity contribution in [3.05, 3.63) is 0 Å². The van der Waals surface area contributed by atoms with E-state index in [0.717, 1.165) is 18.9 Å². The molecule has 0 amide bonds. The Bertz CT molecular complexity index is 277. The van der Waals surface area contributed by atoms with Gasteiger partial charge < -0.3 is 10.6 Å². The Morgan fingerprint density at radius 3 is 2.30 bits per heavy atom. The van der Waals surface area contributed by atoms with Gasteiger partial charge in [-0.15, -0.1) is 24.0 Å². The molecule has 0 unspecified atom stereocenters. The van der Waals surface area contributed by atoms with Crippen LogP contribution in [0.5, 0.6) is 0 Å². The number of guanidine groups is 1. The normalized spacial score (nSPS) is 16.9. The lowest BCUT2D eigenvalue weighted by atomic mass is 10.0. The first-order valence-electron chi connectivity index (χ1n) is 7.02. The summed E-state index contributed by atoms with van der Waals surface area (Å²) in [5.74, 6) is 1.30. The second-order valence-corrected chi connectivity index (χ2v) is 5.08. The van der Waals surface area contributed by atoms with Gasteiger partial charge in [0.15, 0.2) is 5.96 Å². The van der Waals surface area contributed by atoms with Crippen LogP contribution in [0.4, 0.5) is 13.2 Å². The van der Waals surface area contributed by atoms with E-state index in [1.165, 1.54) is 32.1 Å². The number of alkyl halides is 3. The first kappa shape index (κ1) is 19.8. The number of nitrogens with one attached hydrogen (secondary N) is 2. The minimum Gasteiger partial charge on any atom is -0.356 e. The van der Waals surface area contributed by atoms with E-state index in [2.05, 4.69) is 15.6 Å². The average molecular weight is 407 g/mol. The van der Waals surface area contributed by atoms with E-state index in [4.69, 9.17) is 0 Å². The van der Waals surface area contributed by atoms with Crippen LogP contribution in [-0.2, 0) is 0 Å². The Balaban J connectivity index is 0.00000361. The Labute approximate surface area is 136 Å². The van der Waals surface area contributed by atoms with E-state index in [0.29, 0.717) is 5.96 Å². The van der Waals surface area contributed by atoms with Gasteiger partial charge in [-0.3, -0.25) is 4.99 Å². The van der Waals surface area contributed by atoms with Crippen molar-refractivity contribution < 1.29 is 13.2 Å². The third-order valence-corrected chi connectivity index (χ3v) is 3.48. The molecule has 0 aromatic rings. The van der Waals surface area contributed by atoms with Gasteiger partial charge in [-0.2, -0.15) is 13.2 Å². The van der Waals surface area contributed by atoms with Crippen LogP contribution in [0.25, 0.3) is 0 Å². The molecular formula is C13H25F3IN3. The Morgan fingerprint density at radius 2 is 1.75 bits per heavy atom. The lowest BCUT2D eigenvalue weighted by Crippen LogP contribution is -2.39. The summed E-state index contributed by atoms with van der Waals surface area (Å²) < 4.78 is 36.0. The highest BCUT2D eigenvalue weighted by molar-refractivity contribution is 14.0. The number of rotatable bonds is 6. The number of aliphatic imine (C=N–C) groups is 1. The van der Waals surface area contributed by atoms with Crippen LogP contribution in [0, 0.1) is 5.92 Å². The summed E-state index contributed by atoms with van der Waals surface area (Å²) in [6.07, 6.45) is 2.65. The van der Waals surface area contributed by atoms with Crippen LogP contribution >= 0.6 is 24.0 Å². The van der Waals surface area contributed by atoms with Crippen molar-refractivity contribution in [2.75, 3.05) is 20.1 Å². The molecule has 0 aromatic carbocycles. The van der Waals surface area contributed by atoms with Gasteiger partial charge in [0.2, 0.25) is 0 Å². The predicted octanol–water partition coefficient (Wildman–Crippen LogP) is 3.69. The second-order valence-electron chi connectivity index (χ2n) is 5.08. The van der Waals surface area contributed by atoms with Gasteiger partial charge in [0, 0.05) is 20.1 Å². The molecule has 0 bridgehead atoms. The fourth-order valence-corrected chi connectivity index (χ4v) is 2.44. The number of halogens is 4. The molecule has 1 saturated carbocycles. The number of hydrogen-bond acceptors (Lipinski definition) is 1. The molecule has 20 heavy (non-hydrogen) atoms. The third kappa shape index (κ3) is 9.66. The molecule has 1 rings (SSSR count). The van der Waals surface area contributed by atoms with Gasteiger partial charge in [0.25, 0.3) is 0 Å². The topological polar surface area (TPSA) is 36.4 Å². The summed E-state index contributed by atoms with van der Waals surface area (Å²) in [4.78, 5) is 3.90. The van der Waals surface area contributed by atoms with Gasteiger partial charge >= 0.3 is 6.18 Å². The molecule has 0 aliphatic heterocycles. The van der Waals surface area contributed by atoms with Gasteiger partial charge in [0.1, 0.15) is 0 Å². The molecule has 0 heterocycles. The Kier molecular flexibility index (Phi) is 10.4. The maximum Gasteiger partial charge on any atom is 0.390 e. The van der Waals surface area contributed by atoms with E-state index in [1.54, 1.807) is 7.05 Å². The van der Waals surface area contributed by atoms with Crippen molar-refractivity contribution in [3.63, 3.8) is 0 Å². The molecule has 3 nitrogen and oxygen atoms in total. The van der Waals surface area contributed by atoms with Crippen LogP contribution in [0.3, 0.4) is 0 Å². The second kappa shape index (κ2) is 10.5. The lowest BCUT2D eigenvalue weighted by molar-refractivity contribution is -0.132. The third-order valence-electron chi connectivity index (χ3n) is 3.48. The van der Waals surface area contributed by atoms with Crippen molar-refractivity contribution in [3.8, 4) is 0 Å². The zero-order valence-corrected chi connectivity index (χ0v) is 14.3. The molecule has 0 atom stereocenters. The smallest absolute Gasteiger partial charge is 0.356 e. The van der Waals surface area contributed by atoms with E-state index < -0.39 is 12.6 Å². The van der Waals surface area contributed by atoms with Crippen LogP contribution in [0.15, 0.2) is 4.99 Å². The van der Waals surface area contributed by atoms with Crippen molar-refractivity contribution in [1.82, 2.24) is 10.6 Å². The SMILES string of the molecule is CN=C(NCCCC1CCCC1)NCCC(F)(F)F.I. The van der Waals surface area contributed by atoms with E-state index in [1.807, 2.05) is 0 Å². The fourth-order valence-electron chi connectivity index (χ4n) is 2.44. The molecule has 1 aliphatic rings. The van der Waals surface area contributed by atoms with Gasteiger partial charge in [-0.05, 0) is 18.8 Å². The molecule has 0 spiro atoms. The Morgan fingerprint density at radius 1 is 1.15 bits per heavy atom. The zero-order valence-electron chi connectivity index (χ0n) is 11.9. The van der Waals surface area contributed by atoms with E-state index >= 15 is 0 Å². The van der Waals surface area contributed by atoms with Crippen LogP contribution in [0.2, 0.25) is 0 Å². The van der Waals surface area contributed by atoms with Crippen LogP contribution < -0.4 is 10.6 Å². The quantitative estimate of drug-likeness (QED) is 0.305. The first-order chi connectivity index (χ1) is 9.01. The molecule has 120 valence electrons. The van der Waals surface area contributed by atoms with Gasteiger partial charge in [-0.1, -0.05) is 25.7 Å². The maximum atomic E-state index is 12.0. The molecule has 0 radical (unpaired) electrons. The van der Waals surface area contributed by atoms with Crippen LogP contribution in [0.1, 0.15) is 44.9 Å². The predicted molar refractivity (Wildman–Crippen MR) is 86.6 cm³/mol. The summed E-state index contributed by atoms with van der Waals surface area (Å²) in [7, 11) is 1.57. The van der Waals surface area contributed by atoms with Gasteiger partial charge in [0.05, 0.1) is 6.42 Å². The van der Waals surface area contributed by atoms with E-state index in [9.17, 15) is 13.2 Å². The minimum absolute atomic E-state index is 0. The largest absolute Gasteiger partial charge is 0.390 e. The van der Waals surface area contributed by atoms with Crippen molar-refractivity contribution >= 4 is 29.9 Å². The van der Waals surface area contributed by atoms with Crippen LogP contribution in [-0.4, -0.2) is 32.3 Å². The number of hydrogen-bond donors (Lipinski definition) is 2. The first-order valence-corrected chi connectivity index (χ1v) is 7.02. The summed E-state index contributed by atoms with van der Waals surface area (Å²) in [5.41, 5.74) is 0. The standard InChI is InChI=1S/C13H24F3N3.HI/c1-17-12(19-10-8-13(14,15)16)18-9-4-7-11-5-2-3-6-11;/h11H,2-10H2,1H3,(H2,17,18,19);1H.